The minimum Gasteiger partial charge on any atom is -0.396 e. The molecule has 0 saturated heterocycles. The molecule has 0 aliphatic rings. The normalized spacial score (nSPS) is 12.4. The monoisotopic (exact) mass is 282 g/mol. The zero-order valence-electron chi connectivity index (χ0n) is 10.1. The van der Waals surface area contributed by atoms with Crippen LogP contribution in [-0.4, -0.2) is 11.7 Å². The molecule has 0 aromatic heterocycles. The van der Waals surface area contributed by atoms with Crippen molar-refractivity contribution in [3.05, 3.63) is 70.2 Å². The van der Waals surface area contributed by atoms with Crippen LogP contribution in [0.4, 0.5) is 8.78 Å². The van der Waals surface area contributed by atoms with E-state index in [2.05, 4.69) is 0 Å². The lowest BCUT2D eigenvalue weighted by Crippen LogP contribution is -2.09. The highest BCUT2D eigenvalue weighted by Gasteiger charge is 2.15. The lowest BCUT2D eigenvalue weighted by molar-refractivity contribution is 0.263. The number of hydrogen-bond donors (Lipinski definition) is 1. The summed E-state index contributed by atoms with van der Waals surface area (Å²) in [6.07, 6.45) is 0.223. The first-order valence-electron chi connectivity index (χ1n) is 5.90. The van der Waals surface area contributed by atoms with Gasteiger partial charge in [-0.3, -0.25) is 0 Å². The first-order valence-corrected chi connectivity index (χ1v) is 6.28. The second-order valence-electron chi connectivity index (χ2n) is 4.37. The molecule has 1 nitrogen and oxygen atoms in total. The van der Waals surface area contributed by atoms with Gasteiger partial charge in [0.2, 0.25) is 0 Å². The molecule has 1 N–H and O–H groups in total. The zero-order valence-corrected chi connectivity index (χ0v) is 10.9. The van der Waals surface area contributed by atoms with Crippen molar-refractivity contribution in [3.63, 3.8) is 0 Å². The van der Waals surface area contributed by atoms with Gasteiger partial charge >= 0.3 is 0 Å². The largest absolute Gasteiger partial charge is 0.396 e. The van der Waals surface area contributed by atoms with E-state index in [4.69, 9.17) is 11.6 Å². The summed E-state index contributed by atoms with van der Waals surface area (Å²) in [5.41, 5.74) is 1.05. The van der Waals surface area contributed by atoms with Gasteiger partial charge in [0.15, 0.2) is 0 Å². The van der Waals surface area contributed by atoms with Gasteiger partial charge < -0.3 is 5.11 Å². The van der Waals surface area contributed by atoms with Gasteiger partial charge in [-0.15, -0.1) is 0 Å². The SMILES string of the molecule is OCC(Cc1cc(F)ccc1F)c1cccc(Cl)c1. The van der Waals surface area contributed by atoms with Crippen LogP contribution in [0.5, 0.6) is 0 Å². The number of benzene rings is 2. The molecule has 2 aromatic rings. The summed E-state index contributed by atoms with van der Waals surface area (Å²) in [5, 5.41) is 9.98. The summed E-state index contributed by atoms with van der Waals surface area (Å²) in [7, 11) is 0. The fraction of sp³-hybridized carbons (Fsp3) is 0.200. The van der Waals surface area contributed by atoms with E-state index in [9.17, 15) is 13.9 Å². The van der Waals surface area contributed by atoms with E-state index < -0.39 is 11.6 Å². The molecule has 2 aromatic carbocycles. The Balaban J connectivity index is 2.26. The van der Waals surface area contributed by atoms with Gasteiger partial charge in [0.1, 0.15) is 11.6 Å². The van der Waals surface area contributed by atoms with Crippen molar-refractivity contribution >= 4 is 11.6 Å². The molecule has 0 heterocycles. The summed E-state index contributed by atoms with van der Waals surface area (Å²) < 4.78 is 26.7. The molecule has 0 aliphatic carbocycles. The Morgan fingerprint density at radius 1 is 1.11 bits per heavy atom. The number of aliphatic hydroxyl groups excluding tert-OH is 1. The number of rotatable bonds is 4. The lowest BCUT2D eigenvalue weighted by Gasteiger charge is -2.15. The highest BCUT2D eigenvalue weighted by atomic mass is 35.5. The van der Waals surface area contributed by atoms with E-state index in [1.807, 2.05) is 6.07 Å². The number of hydrogen-bond acceptors (Lipinski definition) is 1. The van der Waals surface area contributed by atoms with E-state index in [-0.39, 0.29) is 24.5 Å². The average molecular weight is 283 g/mol. The molecule has 2 rings (SSSR count). The van der Waals surface area contributed by atoms with E-state index in [0.29, 0.717) is 5.02 Å². The Hall–Kier alpha value is -1.45. The van der Waals surface area contributed by atoms with Gasteiger partial charge in [0, 0.05) is 10.9 Å². The Morgan fingerprint density at radius 2 is 1.89 bits per heavy atom. The van der Waals surface area contributed by atoms with Crippen LogP contribution >= 0.6 is 11.6 Å². The Labute approximate surface area is 115 Å². The van der Waals surface area contributed by atoms with Crippen LogP contribution in [0.15, 0.2) is 42.5 Å². The molecule has 1 unspecified atom stereocenters. The van der Waals surface area contributed by atoms with Gasteiger partial charge in [-0.05, 0) is 47.9 Å². The molecule has 0 fully saturated rings. The molecular weight excluding hydrogens is 270 g/mol. The molecule has 4 heteroatoms. The smallest absolute Gasteiger partial charge is 0.126 e. The summed E-state index contributed by atoms with van der Waals surface area (Å²) >= 11 is 5.89. The van der Waals surface area contributed by atoms with Crippen molar-refractivity contribution in [2.75, 3.05) is 6.61 Å². The van der Waals surface area contributed by atoms with Crippen molar-refractivity contribution in [2.24, 2.45) is 0 Å². The molecule has 100 valence electrons. The predicted octanol–water partition coefficient (Wildman–Crippen LogP) is 3.94. The summed E-state index contributed by atoms with van der Waals surface area (Å²) in [5.74, 6) is -1.27. The average Bonchev–Trinajstić information content (AvgIpc) is 2.39. The maximum absolute atomic E-state index is 13.6. The topological polar surface area (TPSA) is 20.2 Å². The molecule has 1 atom stereocenters. The third-order valence-electron chi connectivity index (χ3n) is 3.01. The first kappa shape index (κ1) is 14.0. The summed E-state index contributed by atoms with van der Waals surface area (Å²) in [4.78, 5) is 0. The molecule has 19 heavy (non-hydrogen) atoms. The molecular formula is C15H13ClF2O. The Bertz CT molecular complexity index is 572. The maximum atomic E-state index is 13.6. The van der Waals surface area contributed by atoms with Crippen LogP contribution in [0.3, 0.4) is 0 Å². The first-order chi connectivity index (χ1) is 9.10. The van der Waals surface area contributed by atoms with Gasteiger partial charge in [0.05, 0.1) is 6.61 Å². The summed E-state index contributed by atoms with van der Waals surface area (Å²) in [6, 6.07) is 10.3. The van der Waals surface area contributed by atoms with Gasteiger partial charge in [-0.1, -0.05) is 23.7 Å². The van der Waals surface area contributed by atoms with Crippen LogP contribution < -0.4 is 0 Å². The third kappa shape index (κ3) is 3.52. The van der Waals surface area contributed by atoms with Gasteiger partial charge in [-0.2, -0.15) is 0 Å². The van der Waals surface area contributed by atoms with E-state index in [0.717, 1.165) is 23.8 Å². The summed E-state index contributed by atoms with van der Waals surface area (Å²) in [6.45, 7) is -0.156. The number of halogens is 3. The van der Waals surface area contributed by atoms with Crippen LogP contribution in [0, 0.1) is 11.6 Å². The van der Waals surface area contributed by atoms with Crippen LogP contribution in [-0.2, 0) is 6.42 Å². The van der Waals surface area contributed by atoms with E-state index in [1.165, 1.54) is 0 Å². The van der Waals surface area contributed by atoms with Crippen LogP contribution in [0.25, 0.3) is 0 Å². The Kier molecular flexibility index (Phi) is 4.51. The van der Waals surface area contributed by atoms with Crippen molar-refractivity contribution in [2.45, 2.75) is 12.3 Å². The van der Waals surface area contributed by atoms with Gasteiger partial charge in [-0.25, -0.2) is 8.78 Å². The quantitative estimate of drug-likeness (QED) is 0.901. The minimum atomic E-state index is -0.487. The molecule has 0 spiro atoms. The predicted molar refractivity (Wildman–Crippen MR) is 71.3 cm³/mol. The van der Waals surface area contributed by atoms with Crippen molar-refractivity contribution in [3.8, 4) is 0 Å². The number of aliphatic hydroxyl groups is 1. The fourth-order valence-corrected chi connectivity index (χ4v) is 2.21. The molecule has 0 saturated carbocycles. The van der Waals surface area contributed by atoms with Crippen molar-refractivity contribution < 1.29 is 13.9 Å². The van der Waals surface area contributed by atoms with E-state index in [1.54, 1.807) is 18.2 Å². The molecule has 0 radical (unpaired) electrons. The standard InChI is InChI=1S/C15H13ClF2O/c16-13-3-1-2-10(7-13)12(9-19)6-11-8-14(17)4-5-15(11)18/h1-5,7-8,12,19H,6,9H2. The zero-order chi connectivity index (χ0) is 13.8. The van der Waals surface area contributed by atoms with Crippen molar-refractivity contribution in [1.82, 2.24) is 0 Å². The Morgan fingerprint density at radius 3 is 2.58 bits per heavy atom. The van der Waals surface area contributed by atoms with Gasteiger partial charge in [0.25, 0.3) is 0 Å². The second-order valence-corrected chi connectivity index (χ2v) is 4.81. The second kappa shape index (κ2) is 6.13. The fourth-order valence-electron chi connectivity index (χ4n) is 2.01. The molecule has 0 amide bonds. The van der Waals surface area contributed by atoms with E-state index >= 15 is 0 Å². The third-order valence-corrected chi connectivity index (χ3v) is 3.25. The van der Waals surface area contributed by atoms with Crippen LogP contribution in [0.2, 0.25) is 5.02 Å². The lowest BCUT2D eigenvalue weighted by atomic mass is 9.92. The highest BCUT2D eigenvalue weighted by Crippen LogP contribution is 2.24. The molecule has 0 aliphatic heterocycles. The maximum Gasteiger partial charge on any atom is 0.126 e. The minimum absolute atomic E-state index is 0.156. The highest BCUT2D eigenvalue weighted by molar-refractivity contribution is 6.30. The molecule has 0 bridgehead atoms. The van der Waals surface area contributed by atoms with Crippen LogP contribution in [0.1, 0.15) is 17.0 Å². The van der Waals surface area contributed by atoms with Crippen molar-refractivity contribution in [1.29, 1.82) is 0 Å².